The number of nitrogens with zero attached hydrogens (tertiary/aromatic N) is 2. The first kappa shape index (κ1) is 17.0. The van der Waals surface area contributed by atoms with Gasteiger partial charge in [0.15, 0.2) is 0 Å². The number of anilines is 1. The first-order valence-electron chi connectivity index (χ1n) is 8.26. The summed E-state index contributed by atoms with van der Waals surface area (Å²) >= 11 is 0. The summed E-state index contributed by atoms with van der Waals surface area (Å²) in [5, 5.41) is 3.30. The van der Waals surface area contributed by atoms with Crippen LogP contribution in [0.4, 0.5) is 5.69 Å². The minimum absolute atomic E-state index is 0.243. The third kappa shape index (κ3) is 3.07. The van der Waals surface area contributed by atoms with Crippen molar-refractivity contribution in [2.45, 2.75) is 40.2 Å². The topological polar surface area (TPSA) is 77.1 Å². The molecule has 3 rings (SSSR count). The molecule has 1 N–H and O–H groups in total. The second-order valence-corrected chi connectivity index (χ2v) is 6.20. The van der Waals surface area contributed by atoms with Gasteiger partial charge in [-0.3, -0.25) is 14.2 Å². The predicted molar refractivity (Wildman–Crippen MR) is 96.9 cm³/mol. The highest BCUT2D eigenvalue weighted by Gasteiger charge is 2.23. The van der Waals surface area contributed by atoms with E-state index in [9.17, 15) is 9.59 Å². The van der Waals surface area contributed by atoms with Crippen LogP contribution in [-0.4, -0.2) is 15.5 Å². The van der Waals surface area contributed by atoms with Gasteiger partial charge in [0.05, 0.1) is 0 Å². The molecule has 1 amide bonds. The Morgan fingerprint density at radius 2 is 1.92 bits per heavy atom. The van der Waals surface area contributed by atoms with Crippen molar-refractivity contribution >= 4 is 22.7 Å². The summed E-state index contributed by atoms with van der Waals surface area (Å²) in [6.07, 6.45) is 1.86. The molecule has 25 heavy (non-hydrogen) atoms. The standard InChI is InChI=1S/C19H21N3O3/c1-5-15(17(23)21-14-8-6-11(2)7-9-14)22-10-20-18-16(19(22)24)12(3)13(4)25-18/h6-10,15H,5H2,1-4H3,(H,21,23)/t15-/m1/s1. The molecule has 0 unspecified atom stereocenters. The van der Waals surface area contributed by atoms with Gasteiger partial charge in [0.1, 0.15) is 23.5 Å². The van der Waals surface area contributed by atoms with Crippen LogP contribution < -0.4 is 10.9 Å². The van der Waals surface area contributed by atoms with Crippen LogP contribution >= 0.6 is 0 Å². The molecule has 3 aromatic rings. The smallest absolute Gasteiger partial charge is 0.265 e. The summed E-state index contributed by atoms with van der Waals surface area (Å²) in [6, 6.07) is 6.89. The first-order valence-corrected chi connectivity index (χ1v) is 8.26. The van der Waals surface area contributed by atoms with E-state index in [0.29, 0.717) is 29.0 Å². The molecule has 2 aromatic heterocycles. The van der Waals surface area contributed by atoms with E-state index >= 15 is 0 Å². The zero-order chi connectivity index (χ0) is 18.1. The number of hydrogen-bond acceptors (Lipinski definition) is 4. The lowest BCUT2D eigenvalue weighted by atomic mass is 10.1. The van der Waals surface area contributed by atoms with Crippen LogP contribution in [0.2, 0.25) is 0 Å². The molecular weight excluding hydrogens is 318 g/mol. The number of carbonyl (C=O) groups is 1. The Morgan fingerprint density at radius 3 is 2.56 bits per heavy atom. The molecule has 6 heteroatoms. The van der Waals surface area contributed by atoms with Gasteiger partial charge in [0.25, 0.3) is 5.56 Å². The van der Waals surface area contributed by atoms with Crippen LogP contribution in [0.3, 0.4) is 0 Å². The maximum absolute atomic E-state index is 12.8. The fourth-order valence-corrected chi connectivity index (χ4v) is 2.84. The minimum Gasteiger partial charge on any atom is -0.443 e. The van der Waals surface area contributed by atoms with Crippen LogP contribution in [0.1, 0.15) is 36.3 Å². The molecule has 0 radical (unpaired) electrons. The van der Waals surface area contributed by atoms with Crippen molar-refractivity contribution in [3.8, 4) is 0 Å². The van der Waals surface area contributed by atoms with E-state index in [1.165, 1.54) is 10.9 Å². The molecule has 0 saturated carbocycles. The third-order valence-corrected chi connectivity index (χ3v) is 4.46. The summed E-state index contributed by atoms with van der Waals surface area (Å²) in [6.45, 7) is 7.46. The van der Waals surface area contributed by atoms with E-state index in [-0.39, 0.29) is 11.5 Å². The molecule has 1 aromatic carbocycles. The number of aryl methyl sites for hydroxylation is 3. The van der Waals surface area contributed by atoms with Crippen molar-refractivity contribution in [3.63, 3.8) is 0 Å². The van der Waals surface area contributed by atoms with E-state index in [0.717, 1.165) is 11.1 Å². The van der Waals surface area contributed by atoms with Gasteiger partial charge in [0.2, 0.25) is 11.6 Å². The Labute approximate surface area is 145 Å². The van der Waals surface area contributed by atoms with E-state index in [1.54, 1.807) is 6.92 Å². The number of rotatable bonds is 4. The van der Waals surface area contributed by atoms with Gasteiger partial charge in [-0.15, -0.1) is 0 Å². The second-order valence-electron chi connectivity index (χ2n) is 6.20. The third-order valence-electron chi connectivity index (χ3n) is 4.46. The number of fused-ring (bicyclic) bond motifs is 1. The summed E-state index contributed by atoms with van der Waals surface area (Å²) in [5.41, 5.74) is 2.62. The van der Waals surface area contributed by atoms with Crippen molar-refractivity contribution < 1.29 is 9.21 Å². The van der Waals surface area contributed by atoms with Gasteiger partial charge >= 0.3 is 0 Å². The predicted octanol–water partition coefficient (Wildman–Crippen LogP) is 3.50. The minimum atomic E-state index is -0.639. The number of aromatic nitrogens is 2. The number of carbonyl (C=O) groups excluding carboxylic acids is 1. The molecule has 0 aliphatic carbocycles. The first-order chi connectivity index (χ1) is 11.9. The molecule has 0 spiro atoms. The van der Waals surface area contributed by atoms with Gasteiger partial charge in [-0.25, -0.2) is 4.98 Å². The van der Waals surface area contributed by atoms with Gasteiger partial charge < -0.3 is 9.73 Å². The number of benzene rings is 1. The average molecular weight is 339 g/mol. The average Bonchev–Trinajstić information content (AvgIpc) is 2.88. The van der Waals surface area contributed by atoms with Crippen LogP contribution in [0.25, 0.3) is 11.1 Å². The van der Waals surface area contributed by atoms with Crippen LogP contribution in [-0.2, 0) is 4.79 Å². The Hall–Kier alpha value is -2.89. The van der Waals surface area contributed by atoms with Crippen molar-refractivity contribution in [1.82, 2.24) is 9.55 Å². The van der Waals surface area contributed by atoms with Crippen molar-refractivity contribution in [3.05, 3.63) is 57.8 Å². The second kappa shape index (κ2) is 6.55. The number of furan rings is 1. The summed E-state index contributed by atoms with van der Waals surface area (Å²) in [4.78, 5) is 29.7. The van der Waals surface area contributed by atoms with Gasteiger partial charge in [-0.05, 0) is 39.3 Å². The lowest BCUT2D eigenvalue weighted by Gasteiger charge is -2.17. The molecule has 0 bridgehead atoms. The largest absolute Gasteiger partial charge is 0.443 e. The van der Waals surface area contributed by atoms with Crippen LogP contribution in [0.5, 0.6) is 0 Å². The molecular formula is C19H21N3O3. The van der Waals surface area contributed by atoms with E-state index in [2.05, 4.69) is 10.3 Å². The Morgan fingerprint density at radius 1 is 1.24 bits per heavy atom. The monoisotopic (exact) mass is 339 g/mol. The van der Waals surface area contributed by atoms with Gasteiger partial charge in [-0.1, -0.05) is 24.6 Å². The summed E-state index contributed by atoms with van der Waals surface area (Å²) < 4.78 is 6.87. The van der Waals surface area contributed by atoms with E-state index < -0.39 is 6.04 Å². The van der Waals surface area contributed by atoms with E-state index in [1.807, 2.05) is 45.0 Å². The number of hydrogen-bond donors (Lipinski definition) is 1. The Balaban J connectivity index is 1.97. The molecule has 130 valence electrons. The fourth-order valence-electron chi connectivity index (χ4n) is 2.84. The Kier molecular flexibility index (Phi) is 4.44. The van der Waals surface area contributed by atoms with Gasteiger partial charge in [0, 0.05) is 11.3 Å². The maximum Gasteiger partial charge on any atom is 0.265 e. The molecule has 1 atom stereocenters. The number of nitrogens with one attached hydrogen (secondary N) is 1. The maximum atomic E-state index is 12.8. The van der Waals surface area contributed by atoms with E-state index in [4.69, 9.17) is 4.42 Å². The quantitative estimate of drug-likeness (QED) is 0.789. The highest BCUT2D eigenvalue weighted by molar-refractivity contribution is 5.93. The van der Waals surface area contributed by atoms with Crippen LogP contribution in [0.15, 0.2) is 39.8 Å². The lowest BCUT2D eigenvalue weighted by molar-refractivity contribution is -0.119. The molecule has 0 aliphatic heterocycles. The zero-order valence-corrected chi connectivity index (χ0v) is 14.8. The SMILES string of the molecule is CC[C@H](C(=O)Nc1ccc(C)cc1)n1cnc2oc(C)c(C)c2c1=O. The fraction of sp³-hybridized carbons (Fsp3) is 0.316. The zero-order valence-electron chi connectivity index (χ0n) is 14.8. The van der Waals surface area contributed by atoms with Crippen LogP contribution in [0, 0.1) is 20.8 Å². The van der Waals surface area contributed by atoms with Crippen molar-refractivity contribution in [1.29, 1.82) is 0 Å². The normalized spacial score (nSPS) is 12.3. The Bertz CT molecular complexity index is 984. The van der Waals surface area contributed by atoms with Crippen molar-refractivity contribution in [2.24, 2.45) is 0 Å². The number of amides is 1. The summed E-state index contributed by atoms with van der Waals surface area (Å²) in [5.74, 6) is 0.418. The lowest BCUT2D eigenvalue weighted by Crippen LogP contribution is -2.33. The van der Waals surface area contributed by atoms with Crippen molar-refractivity contribution in [2.75, 3.05) is 5.32 Å². The highest BCUT2D eigenvalue weighted by Crippen LogP contribution is 2.21. The molecule has 2 heterocycles. The molecule has 0 saturated heterocycles. The molecule has 6 nitrogen and oxygen atoms in total. The molecule has 0 aliphatic rings. The molecule has 0 fully saturated rings. The summed E-state index contributed by atoms with van der Waals surface area (Å²) in [7, 11) is 0. The highest BCUT2D eigenvalue weighted by atomic mass is 16.3. The van der Waals surface area contributed by atoms with Gasteiger partial charge in [-0.2, -0.15) is 0 Å².